The second-order valence-electron chi connectivity index (χ2n) is 4.05. The van der Waals surface area contributed by atoms with Gasteiger partial charge in [0, 0.05) is 5.54 Å². The van der Waals surface area contributed by atoms with Crippen molar-refractivity contribution >= 4 is 11.6 Å². The van der Waals surface area contributed by atoms with Crippen LogP contribution in [0.2, 0.25) is 0 Å². The van der Waals surface area contributed by atoms with Crippen molar-refractivity contribution in [2.24, 2.45) is 11.8 Å². The van der Waals surface area contributed by atoms with Crippen molar-refractivity contribution in [3.8, 4) is 0 Å². The largest absolute Gasteiger partial charge is 0.109 e. The van der Waals surface area contributed by atoms with E-state index in [4.69, 9.17) is 11.6 Å². The molecule has 0 aromatic carbocycles. The van der Waals surface area contributed by atoms with Gasteiger partial charge < -0.3 is 0 Å². The van der Waals surface area contributed by atoms with E-state index in [9.17, 15) is 0 Å². The molecule has 12 heavy (non-hydrogen) atoms. The van der Waals surface area contributed by atoms with E-state index < -0.39 is 0 Å². The second-order valence-corrected chi connectivity index (χ2v) is 4.27. The Morgan fingerprint density at radius 1 is 1.17 bits per heavy atom. The summed E-state index contributed by atoms with van der Waals surface area (Å²) >= 11 is 5.51. The van der Waals surface area contributed by atoms with E-state index >= 15 is 0 Å². The highest BCUT2D eigenvalue weighted by Gasteiger charge is 2.02. The first kappa shape index (κ1) is 11.8. The Hall–Kier alpha value is -0.190. The summed E-state index contributed by atoms with van der Waals surface area (Å²) in [6, 6.07) is 0. The van der Waals surface area contributed by atoms with E-state index in [1.54, 1.807) is 0 Å². The molecule has 0 aromatic rings. The van der Waals surface area contributed by atoms with Gasteiger partial charge in [-0.2, -0.15) is 0 Å². The molecule has 0 aliphatic carbocycles. The standard InChI is InChI=1S/C11H19Cl/c1-9(2)7-11(5-6-12)8-10(3)4/h6,9-10H,7-8H2,1-4H3. The highest BCUT2D eigenvalue weighted by atomic mass is 35.5. The molecular weight excluding hydrogens is 168 g/mol. The Morgan fingerprint density at radius 3 is 1.83 bits per heavy atom. The van der Waals surface area contributed by atoms with Gasteiger partial charge in [0.25, 0.3) is 0 Å². The first-order valence-corrected chi connectivity index (χ1v) is 5.03. The minimum atomic E-state index is 0.697. The summed E-state index contributed by atoms with van der Waals surface area (Å²) in [5.74, 6) is 1.39. The van der Waals surface area contributed by atoms with E-state index in [1.165, 1.54) is 11.1 Å². The van der Waals surface area contributed by atoms with Crippen molar-refractivity contribution < 1.29 is 0 Å². The molecule has 0 heterocycles. The number of hydrogen-bond donors (Lipinski definition) is 0. The monoisotopic (exact) mass is 186 g/mol. The van der Waals surface area contributed by atoms with Crippen LogP contribution in [0.15, 0.2) is 16.8 Å². The average molecular weight is 187 g/mol. The van der Waals surface area contributed by atoms with Crippen molar-refractivity contribution in [2.45, 2.75) is 40.5 Å². The number of hydrogen-bond acceptors (Lipinski definition) is 0. The van der Waals surface area contributed by atoms with Crippen molar-refractivity contribution in [2.75, 3.05) is 0 Å². The van der Waals surface area contributed by atoms with Gasteiger partial charge in [-0.1, -0.05) is 39.3 Å². The lowest BCUT2D eigenvalue weighted by atomic mass is 9.96. The van der Waals surface area contributed by atoms with Gasteiger partial charge in [-0.05, 0) is 30.3 Å². The lowest BCUT2D eigenvalue weighted by molar-refractivity contribution is 0.572. The van der Waals surface area contributed by atoms with E-state index in [1.807, 2.05) is 0 Å². The Bertz CT molecular complexity index is 159. The lowest BCUT2D eigenvalue weighted by Gasteiger charge is -2.09. The molecule has 0 aliphatic heterocycles. The summed E-state index contributed by atoms with van der Waals surface area (Å²) in [6.07, 6.45) is 2.22. The molecule has 0 nitrogen and oxygen atoms in total. The molecule has 0 N–H and O–H groups in total. The maximum absolute atomic E-state index is 5.51. The van der Waals surface area contributed by atoms with Gasteiger partial charge in [0.05, 0.1) is 0 Å². The van der Waals surface area contributed by atoms with Gasteiger partial charge in [-0.25, -0.2) is 0 Å². The third-order valence-corrected chi connectivity index (χ3v) is 1.68. The Labute approximate surface area is 81.3 Å². The third kappa shape index (κ3) is 6.52. The maximum Gasteiger partial charge on any atom is 0.0462 e. The summed E-state index contributed by atoms with van der Waals surface area (Å²) in [5, 5.41) is 0. The minimum Gasteiger partial charge on any atom is -0.109 e. The Kier molecular flexibility index (Phi) is 6.24. The van der Waals surface area contributed by atoms with Crippen LogP contribution in [0.4, 0.5) is 0 Å². The Morgan fingerprint density at radius 2 is 1.58 bits per heavy atom. The van der Waals surface area contributed by atoms with Crippen molar-refractivity contribution in [3.63, 3.8) is 0 Å². The zero-order valence-electron chi connectivity index (χ0n) is 8.52. The van der Waals surface area contributed by atoms with Crippen molar-refractivity contribution in [1.82, 2.24) is 0 Å². The molecule has 0 aliphatic rings. The predicted molar refractivity (Wildman–Crippen MR) is 56.4 cm³/mol. The molecule has 0 radical (unpaired) electrons. The molecule has 0 rings (SSSR count). The lowest BCUT2D eigenvalue weighted by Crippen LogP contribution is -1.95. The number of allylic oxidation sites excluding steroid dienone is 1. The van der Waals surface area contributed by atoms with Crippen LogP contribution >= 0.6 is 11.6 Å². The SMILES string of the molecule is CC(C)CC(=C=CCl)CC(C)C. The summed E-state index contributed by atoms with van der Waals surface area (Å²) in [6.45, 7) is 8.87. The van der Waals surface area contributed by atoms with Gasteiger partial charge in [0.15, 0.2) is 0 Å². The van der Waals surface area contributed by atoms with E-state index in [-0.39, 0.29) is 0 Å². The predicted octanol–water partition coefficient (Wildman–Crippen LogP) is 4.36. The molecular formula is C11H19Cl. The van der Waals surface area contributed by atoms with Gasteiger partial charge >= 0.3 is 0 Å². The van der Waals surface area contributed by atoms with Crippen LogP contribution in [0, 0.1) is 11.8 Å². The van der Waals surface area contributed by atoms with Crippen LogP contribution in [0.5, 0.6) is 0 Å². The highest BCUT2D eigenvalue weighted by molar-refractivity contribution is 6.25. The summed E-state index contributed by atoms with van der Waals surface area (Å²) < 4.78 is 0. The van der Waals surface area contributed by atoms with Crippen LogP contribution in [0.3, 0.4) is 0 Å². The van der Waals surface area contributed by atoms with E-state index in [0.29, 0.717) is 11.8 Å². The molecule has 0 amide bonds. The van der Waals surface area contributed by atoms with Crippen LogP contribution in [-0.2, 0) is 0 Å². The van der Waals surface area contributed by atoms with Gasteiger partial charge in [-0.3, -0.25) is 0 Å². The average Bonchev–Trinajstić information content (AvgIpc) is 1.84. The first-order valence-electron chi connectivity index (χ1n) is 4.59. The fraction of sp³-hybridized carbons (Fsp3) is 0.727. The highest BCUT2D eigenvalue weighted by Crippen LogP contribution is 2.17. The zero-order chi connectivity index (χ0) is 9.56. The molecule has 0 saturated heterocycles. The van der Waals surface area contributed by atoms with Crippen molar-refractivity contribution in [3.05, 3.63) is 16.8 Å². The van der Waals surface area contributed by atoms with Gasteiger partial charge in [0.1, 0.15) is 0 Å². The van der Waals surface area contributed by atoms with E-state index in [2.05, 4.69) is 33.4 Å². The third-order valence-electron chi connectivity index (χ3n) is 1.57. The Balaban J connectivity index is 4.16. The van der Waals surface area contributed by atoms with E-state index in [0.717, 1.165) is 12.8 Å². The maximum atomic E-state index is 5.51. The first-order chi connectivity index (χ1) is 5.56. The summed E-state index contributed by atoms with van der Waals surface area (Å²) in [5.41, 5.74) is 5.95. The minimum absolute atomic E-state index is 0.697. The molecule has 0 fully saturated rings. The van der Waals surface area contributed by atoms with Crippen LogP contribution in [-0.4, -0.2) is 0 Å². The topological polar surface area (TPSA) is 0 Å². The number of halogens is 1. The molecule has 1 heteroatoms. The smallest absolute Gasteiger partial charge is 0.0462 e. The molecule has 0 aromatic heterocycles. The fourth-order valence-electron chi connectivity index (χ4n) is 1.26. The van der Waals surface area contributed by atoms with Gasteiger partial charge in [-0.15, -0.1) is 5.73 Å². The molecule has 70 valence electrons. The van der Waals surface area contributed by atoms with Crippen LogP contribution in [0.25, 0.3) is 0 Å². The molecule has 0 unspecified atom stereocenters. The zero-order valence-corrected chi connectivity index (χ0v) is 9.28. The fourth-order valence-corrected chi connectivity index (χ4v) is 1.42. The molecule has 0 saturated carbocycles. The second kappa shape index (κ2) is 6.34. The molecule has 0 atom stereocenters. The summed E-state index contributed by atoms with van der Waals surface area (Å²) in [7, 11) is 0. The van der Waals surface area contributed by atoms with Crippen LogP contribution < -0.4 is 0 Å². The van der Waals surface area contributed by atoms with Crippen molar-refractivity contribution in [1.29, 1.82) is 0 Å². The number of rotatable bonds is 4. The molecule has 0 spiro atoms. The molecule has 0 bridgehead atoms. The van der Waals surface area contributed by atoms with Crippen LogP contribution in [0.1, 0.15) is 40.5 Å². The normalized spacial score (nSPS) is 10.2. The van der Waals surface area contributed by atoms with Gasteiger partial charge in [0.2, 0.25) is 0 Å². The summed E-state index contributed by atoms with van der Waals surface area (Å²) in [4.78, 5) is 0. The quantitative estimate of drug-likeness (QED) is 0.573.